The minimum Gasteiger partial charge on any atom is -0.330 e. The van der Waals surface area contributed by atoms with Gasteiger partial charge in [0.1, 0.15) is 0 Å². The van der Waals surface area contributed by atoms with Crippen molar-refractivity contribution in [2.75, 3.05) is 6.54 Å². The van der Waals surface area contributed by atoms with E-state index in [-0.39, 0.29) is 0 Å². The monoisotopic (exact) mass is 263 g/mol. The van der Waals surface area contributed by atoms with Gasteiger partial charge >= 0.3 is 0 Å². The van der Waals surface area contributed by atoms with E-state index in [1.807, 2.05) is 6.20 Å². The Labute approximate surface area is 117 Å². The van der Waals surface area contributed by atoms with Crippen molar-refractivity contribution in [3.63, 3.8) is 0 Å². The third-order valence-corrected chi connectivity index (χ3v) is 5.35. The Morgan fingerprint density at radius 1 is 1.42 bits per heavy atom. The zero-order valence-corrected chi connectivity index (χ0v) is 12.9. The summed E-state index contributed by atoms with van der Waals surface area (Å²) in [5.41, 5.74) is 7.66. The molecule has 3 heteroatoms. The van der Waals surface area contributed by atoms with Crippen LogP contribution in [0.15, 0.2) is 12.4 Å². The molecule has 0 amide bonds. The molecule has 0 saturated heterocycles. The van der Waals surface area contributed by atoms with Crippen molar-refractivity contribution in [3.05, 3.63) is 18.0 Å². The molecule has 2 N–H and O–H groups in total. The van der Waals surface area contributed by atoms with E-state index in [1.165, 1.54) is 31.2 Å². The first kappa shape index (κ1) is 14.6. The topological polar surface area (TPSA) is 43.8 Å². The Balaban J connectivity index is 2.18. The summed E-state index contributed by atoms with van der Waals surface area (Å²) >= 11 is 0. The van der Waals surface area contributed by atoms with Gasteiger partial charge in [-0.25, -0.2) is 0 Å². The van der Waals surface area contributed by atoms with Gasteiger partial charge in [0.05, 0.1) is 12.2 Å². The first-order valence-electron chi connectivity index (χ1n) is 7.68. The van der Waals surface area contributed by atoms with E-state index in [0.717, 1.165) is 12.5 Å². The van der Waals surface area contributed by atoms with Crippen molar-refractivity contribution < 1.29 is 0 Å². The van der Waals surface area contributed by atoms with Crippen LogP contribution in [0.25, 0.3) is 0 Å². The summed E-state index contributed by atoms with van der Waals surface area (Å²) in [7, 11) is 0. The molecule has 1 heterocycles. The summed E-state index contributed by atoms with van der Waals surface area (Å²) in [5.74, 6) is 1.37. The van der Waals surface area contributed by atoms with Crippen LogP contribution in [0.4, 0.5) is 0 Å². The fraction of sp³-hybridized carbons (Fsp3) is 0.812. The number of aromatic nitrogens is 2. The van der Waals surface area contributed by atoms with Gasteiger partial charge in [-0.2, -0.15) is 5.10 Å². The zero-order chi connectivity index (χ0) is 14.0. The molecule has 108 valence electrons. The van der Waals surface area contributed by atoms with Gasteiger partial charge in [-0.05, 0) is 55.5 Å². The highest BCUT2D eigenvalue weighted by Crippen LogP contribution is 2.45. The van der Waals surface area contributed by atoms with E-state index in [2.05, 4.69) is 43.7 Å². The van der Waals surface area contributed by atoms with E-state index in [0.29, 0.717) is 17.4 Å². The second kappa shape index (κ2) is 5.66. The molecule has 0 radical (unpaired) electrons. The number of nitrogens with two attached hydrogens (primary N) is 1. The minimum absolute atomic E-state index is 0.431. The van der Waals surface area contributed by atoms with Crippen molar-refractivity contribution in [3.8, 4) is 0 Å². The van der Waals surface area contributed by atoms with Gasteiger partial charge in [-0.3, -0.25) is 4.68 Å². The van der Waals surface area contributed by atoms with E-state index in [9.17, 15) is 0 Å². The quantitative estimate of drug-likeness (QED) is 0.903. The summed E-state index contributed by atoms with van der Waals surface area (Å²) in [6.07, 6.45) is 9.17. The number of nitrogens with zero attached hydrogens (tertiary/aromatic N) is 2. The normalized spacial score (nSPS) is 28.6. The van der Waals surface area contributed by atoms with Crippen LogP contribution < -0.4 is 5.73 Å². The molecular formula is C16H29N3. The molecule has 0 aliphatic heterocycles. The molecule has 1 aromatic rings. The maximum atomic E-state index is 5.98. The average molecular weight is 263 g/mol. The van der Waals surface area contributed by atoms with Crippen LogP contribution in [0.2, 0.25) is 0 Å². The van der Waals surface area contributed by atoms with Crippen molar-refractivity contribution >= 4 is 0 Å². The van der Waals surface area contributed by atoms with Gasteiger partial charge in [0, 0.05) is 6.20 Å². The molecule has 2 rings (SSSR count). The molecule has 3 nitrogen and oxygen atoms in total. The van der Waals surface area contributed by atoms with Gasteiger partial charge in [0.15, 0.2) is 0 Å². The largest absolute Gasteiger partial charge is 0.330 e. The van der Waals surface area contributed by atoms with E-state index < -0.39 is 0 Å². The number of aryl methyl sites for hydroxylation is 1. The van der Waals surface area contributed by atoms with Gasteiger partial charge in [0.25, 0.3) is 0 Å². The summed E-state index contributed by atoms with van der Waals surface area (Å²) < 4.78 is 2.17. The molecule has 3 atom stereocenters. The van der Waals surface area contributed by atoms with Crippen LogP contribution in [0.1, 0.15) is 58.1 Å². The molecule has 19 heavy (non-hydrogen) atoms. The van der Waals surface area contributed by atoms with Gasteiger partial charge in [-0.1, -0.05) is 27.2 Å². The Hall–Kier alpha value is -0.830. The predicted octanol–water partition coefficient (Wildman–Crippen LogP) is 3.54. The smallest absolute Gasteiger partial charge is 0.0562 e. The van der Waals surface area contributed by atoms with Crippen molar-refractivity contribution in [2.45, 2.75) is 59.4 Å². The third kappa shape index (κ3) is 3.02. The van der Waals surface area contributed by atoms with Crippen LogP contribution in [0.5, 0.6) is 0 Å². The van der Waals surface area contributed by atoms with E-state index in [4.69, 9.17) is 5.73 Å². The molecule has 1 fully saturated rings. The van der Waals surface area contributed by atoms with E-state index in [1.54, 1.807) is 0 Å². The molecule has 1 saturated carbocycles. The maximum Gasteiger partial charge on any atom is 0.0562 e. The van der Waals surface area contributed by atoms with Crippen LogP contribution >= 0.6 is 0 Å². The minimum atomic E-state index is 0.431. The summed E-state index contributed by atoms with van der Waals surface area (Å²) in [6.45, 7) is 10.0. The molecule has 0 aromatic carbocycles. The van der Waals surface area contributed by atoms with Crippen LogP contribution in [0.3, 0.4) is 0 Å². The molecular weight excluding hydrogens is 234 g/mol. The van der Waals surface area contributed by atoms with Gasteiger partial charge in [-0.15, -0.1) is 0 Å². The molecule has 1 aliphatic rings. The summed E-state index contributed by atoms with van der Waals surface area (Å²) in [4.78, 5) is 0. The average Bonchev–Trinajstić information content (AvgIpc) is 2.84. The first-order chi connectivity index (χ1) is 8.97. The van der Waals surface area contributed by atoms with Crippen LogP contribution in [-0.4, -0.2) is 16.3 Å². The van der Waals surface area contributed by atoms with Crippen LogP contribution in [-0.2, 0) is 0 Å². The molecule has 1 aliphatic carbocycles. The second-order valence-electron chi connectivity index (χ2n) is 6.91. The fourth-order valence-electron chi connectivity index (χ4n) is 3.42. The lowest BCUT2D eigenvalue weighted by molar-refractivity contribution is 0.0850. The van der Waals surface area contributed by atoms with Gasteiger partial charge < -0.3 is 5.73 Å². The fourth-order valence-corrected chi connectivity index (χ4v) is 3.42. The lowest BCUT2D eigenvalue weighted by Crippen LogP contribution is -2.37. The Bertz CT molecular complexity index is 408. The van der Waals surface area contributed by atoms with Gasteiger partial charge in [0.2, 0.25) is 0 Å². The summed E-state index contributed by atoms with van der Waals surface area (Å²) in [6, 6.07) is 0.489. The maximum absolute atomic E-state index is 5.98. The van der Waals surface area contributed by atoms with Crippen molar-refractivity contribution in [1.82, 2.24) is 9.78 Å². The van der Waals surface area contributed by atoms with Crippen molar-refractivity contribution in [1.29, 1.82) is 0 Å². The lowest BCUT2D eigenvalue weighted by Gasteiger charge is -2.43. The number of rotatable bonds is 4. The lowest BCUT2D eigenvalue weighted by atomic mass is 9.66. The Kier molecular flexibility index (Phi) is 4.34. The highest BCUT2D eigenvalue weighted by molar-refractivity contribution is 5.02. The zero-order valence-electron chi connectivity index (χ0n) is 12.9. The number of hydrogen-bond donors (Lipinski definition) is 1. The predicted molar refractivity (Wildman–Crippen MR) is 80.0 cm³/mol. The Morgan fingerprint density at radius 2 is 2.16 bits per heavy atom. The Morgan fingerprint density at radius 3 is 2.68 bits per heavy atom. The van der Waals surface area contributed by atoms with Crippen molar-refractivity contribution in [2.24, 2.45) is 23.0 Å². The van der Waals surface area contributed by atoms with E-state index >= 15 is 0 Å². The SMILES string of the molecule is CCC(C)(C)C1CCC(CN)C(n2cc(C)cn2)C1. The molecule has 0 bridgehead atoms. The first-order valence-corrected chi connectivity index (χ1v) is 7.68. The summed E-state index contributed by atoms with van der Waals surface area (Å²) in [5, 5.41) is 4.54. The van der Waals surface area contributed by atoms with Crippen LogP contribution in [0, 0.1) is 24.2 Å². The third-order valence-electron chi connectivity index (χ3n) is 5.35. The standard InChI is InChI=1S/C16H29N3/c1-5-16(3,4)14-7-6-13(9-17)15(8-14)19-11-12(2)10-18-19/h10-11,13-15H,5-9,17H2,1-4H3. The highest BCUT2D eigenvalue weighted by atomic mass is 15.3. The number of hydrogen-bond acceptors (Lipinski definition) is 2. The molecule has 1 aromatic heterocycles. The highest BCUT2D eigenvalue weighted by Gasteiger charge is 2.37. The second-order valence-corrected chi connectivity index (χ2v) is 6.91. The molecule has 0 spiro atoms. The molecule has 3 unspecified atom stereocenters.